The molecule has 50 valence electrons. The zero-order chi connectivity index (χ0) is 7.56. The van der Waals surface area contributed by atoms with Gasteiger partial charge in [0.05, 0.1) is 5.02 Å². The van der Waals surface area contributed by atoms with Gasteiger partial charge in [-0.15, -0.1) is 6.42 Å². The van der Waals surface area contributed by atoms with Crippen molar-refractivity contribution in [2.75, 3.05) is 0 Å². The SMILES string of the molecule is C#Cc1ncc(Cl)cc1F. The summed E-state index contributed by atoms with van der Waals surface area (Å²) in [6.45, 7) is 0. The Morgan fingerprint density at radius 1 is 1.70 bits per heavy atom. The number of pyridine rings is 1. The first-order valence-electron chi connectivity index (χ1n) is 2.51. The van der Waals surface area contributed by atoms with Crippen molar-refractivity contribution in [1.82, 2.24) is 4.98 Å². The average molecular weight is 156 g/mol. The largest absolute Gasteiger partial charge is 0.243 e. The molecule has 1 heterocycles. The van der Waals surface area contributed by atoms with E-state index in [2.05, 4.69) is 10.9 Å². The van der Waals surface area contributed by atoms with Crippen LogP contribution >= 0.6 is 11.6 Å². The molecule has 1 rings (SSSR count). The maximum Gasteiger partial charge on any atom is 0.158 e. The molecule has 0 saturated carbocycles. The zero-order valence-corrected chi connectivity index (χ0v) is 5.69. The molecule has 3 heteroatoms. The second-order valence-corrected chi connectivity index (χ2v) is 2.06. The molecule has 0 aliphatic carbocycles. The second kappa shape index (κ2) is 2.68. The van der Waals surface area contributed by atoms with Gasteiger partial charge in [0.25, 0.3) is 0 Å². The van der Waals surface area contributed by atoms with Crippen molar-refractivity contribution < 1.29 is 4.39 Å². The van der Waals surface area contributed by atoms with Crippen LogP contribution in [0.15, 0.2) is 12.3 Å². The first kappa shape index (κ1) is 7.04. The number of rotatable bonds is 0. The van der Waals surface area contributed by atoms with Crippen LogP contribution < -0.4 is 0 Å². The fourth-order valence-electron chi connectivity index (χ4n) is 0.521. The van der Waals surface area contributed by atoms with Crippen LogP contribution in [0.3, 0.4) is 0 Å². The lowest BCUT2D eigenvalue weighted by Gasteiger charge is -1.91. The van der Waals surface area contributed by atoms with Gasteiger partial charge in [0.2, 0.25) is 0 Å². The highest BCUT2D eigenvalue weighted by Gasteiger charge is 1.99. The molecule has 1 aromatic rings. The normalized spacial score (nSPS) is 8.90. The van der Waals surface area contributed by atoms with E-state index in [0.29, 0.717) is 0 Å². The molecule has 1 aromatic heterocycles. The van der Waals surface area contributed by atoms with Crippen molar-refractivity contribution in [1.29, 1.82) is 0 Å². The lowest BCUT2D eigenvalue weighted by atomic mass is 10.3. The Kier molecular flexibility index (Phi) is 1.88. The summed E-state index contributed by atoms with van der Waals surface area (Å²) in [4.78, 5) is 3.55. The summed E-state index contributed by atoms with van der Waals surface area (Å²) in [5.74, 6) is 1.52. The average Bonchev–Trinajstić information content (AvgIpc) is 1.88. The summed E-state index contributed by atoms with van der Waals surface area (Å²) < 4.78 is 12.6. The summed E-state index contributed by atoms with van der Waals surface area (Å²) >= 11 is 5.40. The number of terminal acetylenes is 1. The summed E-state index contributed by atoms with van der Waals surface area (Å²) in [7, 11) is 0. The highest BCUT2D eigenvalue weighted by Crippen LogP contribution is 2.09. The molecule has 0 amide bonds. The minimum absolute atomic E-state index is 0.00981. The van der Waals surface area contributed by atoms with Gasteiger partial charge in [-0.1, -0.05) is 11.6 Å². The molecule has 0 N–H and O–H groups in total. The Hall–Kier alpha value is -1.07. The molecule has 0 unspecified atom stereocenters. The summed E-state index contributed by atoms with van der Waals surface area (Å²) in [5.41, 5.74) is -0.00981. The third-order valence-electron chi connectivity index (χ3n) is 0.945. The molecule has 0 saturated heterocycles. The lowest BCUT2D eigenvalue weighted by molar-refractivity contribution is 0.617. The van der Waals surface area contributed by atoms with Crippen LogP contribution in [0.1, 0.15) is 5.69 Å². The van der Waals surface area contributed by atoms with E-state index in [0.717, 1.165) is 6.07 Å². The van der Waals surface area contributed by atoms with Crippen LogP contribution in [-0.4, -0.2) is 4.98 Å². The van der Waals surface area contributed by atoms with Crippen molar-refractivity contribution in [3.05, 3.63) is 28.8 Å². The van der Waals surface area contributed by atoms with Crippen molar-refractivity contribution >= 4 is 11.6 Å². The van der Waals surface area contributed by atoms with Crippen molar-refractivity contribution in [3.8, 4) is 12.3 Å². The molecule has 0 atom stereocenters. The lowest BCUT2D eigenvalue weighted by Crippen LogP contribution is -1.86. The minimum atomic E-state index is -0.560. The first-order valence-corrected chi connectivity index (χ1v) is 2.89. The maximum atomic E-state index is 12.6. The van der Waals surface area contributed by atoms with E-state index in [-0.39, 0.29) is 10.7 Å². The van der Waals surface area contributed by atoms with Gasteiger partial charge in [0.1, 0.15) is 5.69 Å². The number of nitrogens with zero attached hydrogens (tertiary/aromatic N) is 1. The standard InChI is InChI=1S/C7H3ClFN/c1-2-7-6(9)3-5(8)4-10-7/h1,3-4H. The van der Waals surface area contributed by atoms with Gasteiger partial charge >= 0.3 is 0 Å². The van der Waals surface area contributed by atoms with Gasteiger partial charge in [-0.3, -0.25) is 0 Å². The number of hydrogen-bond acceptors (Lipinski definition) is 1. The van der Waals surface area contributed by atoms with E-state index in [1.165, 1.54) is 6.20 Å². The molecule has 0 fully saturated rings. The summed E-state index contributed by atoms with van der Waals surface area (Å²) in [6.07, 6.45) is 6.21. The fourth-order valence-corrected chi connectivity index (χ4v) is 0.665. The predicted molar refractivity (Wildman–Crippen MR) is 37.1 cm³/mol. The van der Waals surface area contributed by atoms with Crippen LogP contribution in [0, 0.1) is 18.2 Å². The Balaban J connectivity index is 3.23. The number of aromatic nitrogens is 1. The Bertz CT molecular complexity index is 290. The Labute approximate surface area is 62.8 Å². The van der Waals surface area contributed by atoms with E-state index < -0.39 is 5.82 Å². The maximum absolute atomic E-state index is 12.6. The number of halogens is 2. The van der Waals surface area contributed by atoms with Crippen LogP contribution in [0.2, 0.25) is 5.02 Å². The van der Waals surface area contributed by atoms with Crippen LogP contribution in [0.25, 0.3) is 0 Å². The topological polar surface area (TPSA) is 12.9 Å². The molecule has 0 bridgehead atoms. The van der Waals surface area contributed by atoms with Gasteiger partial charge < -0.3 is 0 Å². The van der Waals surface area contributed by atoms with E-state index in [1.54, 1.807) is 0 Å². The monoisotopic (exact) mass is 155 g/mol. The van der Waals surface area contributed by atoms with Gasteiger partial charge in [-0.05, 0) is 12.0 Å². The van der Waals surface area contributed by atoms with Gasteiger partial charge in [0, 0.05) is 6.20 Å². The molecule has 0 radical (unpaired) electrons. The molecule has 0 spiro atoms. The Morgan fingerprint density at radius 2 is 2.40 bits per heavy atom. The quantitative estimate of drug-likeness (QED) is 0.521. The molecule has 0 aliphatic rings. The van der Waals surface area contributed by atoms with E-state index in [1.807, 2.05) is 0 Å². The Morgan fingerprint density at radius 3 is 2.90 bits per heavy atom. The molecular formula is C7H3ClFN. The molecule has 0 aromatic carbocycles. The highest BCUT2D eigenvalue weighted by molar-refractivity contribution is 6.30. The molecule has 10 heavy (non-hydrogen) atoms. The van der Waals surface area contributed by atoms with Gasteiger partial charge in [-0.25, -0.2) is 9.37 Å². The number of hydrogen-bond donors (Lipinski definition) is 0. The van der Waals surface area contributed by atoms with Crippen molar-refractivity contribution in [2.45, 2.75) is 0 Å². The summed E-state index contributed by atoms with van der Waals surface area (Å²) in [6, 6.07) is 1.13. The first-order chi connectivity index (χ1) is 4.74. The summed E-state index contributed by atoms with van der Waals surface area (Å²) in [5, 5.41) is 0.247. The molecule has 0 aliphatic heterocycles. The van der Waals surface area contributed by atoms with E-state index in [4.69, 9.17) is 18.0 Å². The fraction of sp³-hybridized carbons (Fsp3) is 0. The zero-order valence-electron chi connectivity index (χ0n) is 4.94. The second-order valence-electron chi connectivity index (χ2n) is 1.63. The van der Waals surface area contributed by atoms with Gasteiger partial charge in [-0.2, -0.15) is 0 Å². The third kappa shape index (κ3) is 1.26. The molecular weight excluding hydrogens is 153 g/mol. The van der Waals surface area contributed by atoms with Crippen molar-refractivity contribution in [2.24, 2.45) is 0 Å². The van der Waals surface area contributed by atoms with Crippen molar-refractivity contribution in [3.63, 3.8) is 0 Å². The van der Waals surface area contributed by atoms with Crippen LogP contribution in [-0.2, 0) is 0 Å². The van der Waals surface area contributed by atoms with Crippen LogP contribution in [0.5, 0.6) is 0 Å². The third-order valence-corrected chi connectivity index (χ3v) is 1.15. The van der Waals surface area contributed by atoms with E-state index >= 15 is 0 Å². The van der Waals surface area contributed by atoms with E-state index in [9.17, 15) is 4.39 Å². The van der Waals surface area contributed by atoms with Crippen LogP contribution in [0.4, 0.5) is 4.39 Å². The minimum Gasteiger partial charge on any atom is -0.243 e. The van der Waals surface area contributed by atoms with Gasteiger partial charge in [0.15, 0.2) is 5.82 Å². The highest BCUT2D eigenvalue weighted by atomic mass is 35.5. The molecule has 1 nitrogen and oxygen atoms in total. The predicted octanol–water partition coefficient (Wildman–Crippen LogP) is 1.86. The smallest absolute Gasteiger partial charge is 0.158 e.